The maximum Gasteiger partial charge on any atom is 0.118 e. The first-order chi connectivity index (χ1) is 9.78. The van der Waals surface area contributed by atoms with E-state index in [4.69, 9.17) is 4.74 Å². The van der Waals surface area contributed by atoms with Gasteiger partial charge in [0.1, 0.15) is 5.75 Å². The largest absolute Gasteiger partial charge is 0.497 e. The highest BCUT2D eigenvalue weighted by atomic mass is 16.5. The van der Waals surface area contributed by atoms with Gasteiger partial charge in [-0.2, -0.15) is 0 Å². The van der Waals surface area contributed by atoms with E-state index in [0.717, 1.165) is 18.2 Å². The van der Waals surface area contributed by atoms with E-state index >= 15 is 0 Å². The topological polar surface area (TPSA) is 21.3 Å². The van der Waals surface area contributed by atoms with Crippen molar-refractivity contribution in [2.75, 3.05) is 7.11 Å². The van der Waals surface area contributed by atoms with Gasteiger partial charge in [-0.1, -0.05) is 37.8 Å². The number of aryl methyl sites for hydroxylation is 1. The fraction of sp³-hybridized carbons (Fsp3) is 0.667. The molecule has 0 radical (unpaired) electrons. The van der Waals surface area contributed by atoms with Gasteiger partial charge >= 0.3 is 0 Å². The molecule has 1 N–H and O–H groups in total. The molecule has 0 aromatic heterocycles. The third-order valence-electron chi connectivity index (χ3n) is 4.40. The fourth-order valence-corrected chi connectivity index (χ4v) is 3.11. The smallest absolute Gasteiger partial charge is 0.118 e. The van der Waals surface area contributed by atoms with Gasteiger partial charge in [-0.15, -0.1) is 0 Å². The quantitative estimate of drug-likeness (QED) is 0.780. The van der Waals surface area contributed by atoms with Gasteiger partial charge in [-0.25, -0.2) is 0 Å². The van der Waals surface area contributed by atoms with E-state index in [9.17, 15) is 0 Å². The minimum atomic E-state index is 0.611. The van der Waals surface area contributed by atoms with E-state index in [1.807, 2.05) is 0 Å². The number of ether oxygens (including phenoxy) is 1. The molecule has 2 heteroatoms. The van der Waals surface area contributed by atoms with E-state index in [0.29, 0.717) is 6.04 Å². The molecule has 112 valence electrons. The molecule has 0 amide bonds. The molecule has 1 aromatic carbocycles. The van der Waals surface area contributed by atoms with E-state index < -0.39 is 0 Å². The summed E-state index contributed by atoms with van der Waals surface area (Å²) in [5.74, 6) is 0.943. The molecule has 20 heavy (non-hydrogen) atoms. The van der Waals surface area contributed by atoms with E-state index in [2.05, 4.69) is 36.5 Å². The summed E-state index contributed by atoms with van der Waals surface area (Å²) in [5.41, 5.74) is 1.40. The van der Waals surface area contributed by atoms with Crippen LogP contribution in [0.2, 0.25) is 0 Å². The molecule has 0 aliphatic heterocycles. The zero-order valence-electron chi connectivity index (χ0n) is 13.0. The van der Waals surface area contributed by atoms with Gasteiger partial charge in [0, 0.05) is 12.1 Å². The second kappa shape index (κ2) is 8.31. The third-order valence-corrected chi connectivity index (χ3v) is 4.40. The molecule has 0 heterocycles. The van der Waals surface area contributed by atoms with Crippen LogP contribution in [0.25, 0.3) is 0 Å². The number of hydrogen-bond donors (Lipinski definition) is 1. The lowest BCUT2D eigenvalue weighted by Crippen LogP contribution is -2.36. The van der Waals surface area contributed by atoms with Crippen LogP contribution in [0.1, 0.15) is 57.4 Å². The van der Waals surface area contributed by atoms with Crippen LogP contribution in [-0.4, -0.2) is 19.2 Å². The van der Waals surface area contributed by atoms with Crippen LogP contribution in [0.5, 0.6) is 5.75 Å². The lowest BCUT2D eigenvalue weighted by molar-refractivity contribution is 0.394. The van der Waals surface area contributed by atoms with Crippen LogP contribution in [0.3, 0.4) is 0 Å². The summed E-state index contributed by atoms with van der Waals surface area (Å²) in [5, 5.41) is 3.83. The second-order valence-corrected chi connectivity index (χ2v) is 6.14. The average molecular weight is 275 g/mol. The van der Waals surface area contributed by atoms with Crippen molar-refractivity contribution in [1.29, 1.82) is 0 Å². The van der Waals surface area contributed by atoms with Crippen molar-refractivity contribution in [2.45, 2.75) is 70.4 Å². The Kier molecular flexibility index (Phi) is 6.38. The number of benzene rings is 1. The van der Waals surface area contributed by atoms with Crippen molar-refractivity contribution < 1.29 is 4.74 Å². The number of hydrogen-bond acceptors (Lipinski definition) is 2. The first kappa shape index (κ1) is 15.4. The van der Waals surface area contributed by atoms with Crippen LogP contribution in [-0.2, 0) is 6.42 Å². The highest BCUT2D eigenvalue weighted by molar-refractivity contribution is 5.27. The molecular formula is C18H29NO. The second-order valence-electron chi connectivity index (χ2n) is 6.14. The standard InChI is InChI=1S/C18H29NO/c1-15(19-17-7-5-3-4-6-8-17)9-10-16-11-13-18(20-2)14-12-16/h11-15,17,19H,3-10H2,1-2H3/t15-/m1/s1. The summed E-state index contributed by atoms with van der Waals surface area (Å²) in [6.07, 6.45) is 10.8. The van der Waals surface area contributed by atoms with Crippen molar-refractivity contribution in [3.8, 4) is 5.75 Å². The maximum absolute atomic E-state index is 5.19. The Hall–Kier alpha value is -1.02. The molecule has 1 saturated carbocycles. The van der Waals surface area contributed by atoms with Crippen molar-refractivity contribution in [2.24, 2.45) is 0 Å². The average Bonchev–Trinajstić information content (AvgIpc) is 2.74. The minimum Gasteiger partial charge on any atom is -0.497 e. The predicted molar refractivity (Wildman–Crippen MR) is 85.4 cm³/mol. The van der Waals surface area contributed by atoms with Gasteiger partial charge in [0.05, 0.1) is 7.11 Å². The Bertz CT molecular complexity index is 366. The SMILES string of the molecule is COc1ccc(CC[C@@H](C)NC2CCCCCC2)cc1. The van der Waals surface area contributed by atoms with Crippen LogP contribution in [0.15, 0.2) is 24.3 Å². The van der Waals surface area contributed by atoms with E-state index in [-0.39, 0.29) is 0 Å². The van der Waals surface area contributed by atoms with Crippen molar-refractivity contribution >= 4 is 0 Å². The summed E-state index contributed by atoms with van der Waals surface area (Å²) >= 11 is 0. The monoisotopic (exact) mass is 275 g/mol. The highest BCUT2D eigenvalue weighted by Crippen LogP contribution is 2.18. The number of nitrogens with one attached hydrogen (secondary N) is 1. The lowest BCUT2D eigenvalue weighted by Gasteiger charge is -2.22. The molecule has 1 atom stereocenters. The third kappa shape index (κ3) is 5.16. The predicted octanol–water partition coefficient (Wildman–Crippen LogP) is 4.33. The number of rotatable bonds is 6. The summed E-state index contributed by atoms with van der Waals surface area (Å²) < 4.78 is 5.19. The zero-order valence-corrected chi connectivity index (χ0v) is 13.0. The lowest BCUT2D eigenvalue weighted by atomic mass is 10.0. The molecule has 1 aliphatic carbocycles. The molecule has 0 unspecified atom stereocenters. The van der Waals surface area contributed by atoms with Gasteiger partial charge in [0.15, 0.2) is 0 Å². The molecular weight excluding hydrogens is 246 g/mol. The van der Waals surface area contributed by atoms with E-state index in [1.165, 1.54) is 50.5 Å². The molecule has 1 aromatic rings. The normalized spacial score (nSPS) is 18.5. The summed E-state index contributed by atoms with van der Waals surface area (Å²) in [7, 11) is 1.72. The summed E-state index contributed by atoms with van der Waals surface area (Å²) in [6.45, 7) is 2.33. The van der Waals surface area contributed by atoms with Crippen molar-refractivity contribution in [3.63, 3.8) is 0 Å². The molecule has 2 rings (SSSR count). The molecule has 0 saturated heterocycles. The van der Waals surface area contributed by atoms with Gasteiger partial charge in [0.2, 0.25) is 0 Å². The Balaban J connectivity index is 1.71. The molecule has 1 aliphatic rings. The molecule has 1 fully saturated rings. The van der Waals surface area contributed by atoms with Crippen LogP contribution >= 0.6 is 0 Å². The van der Waals surface area contributed by atoms with Gasteiger partial charge in [0.25, 0.3) is 0 Å². The Labute approximate surface area is 123 Å². The molecule has 2 nitrogen and oxygen atoms in total. The highest BCUT2D eigenvalue weighted by Gasteiger charge is 2.14. The summed E-state index contributed by atoms with van der Waals surface area (Å²) in [4.78, 5) is 0. The Morgan fingerprint density at radius 2 is 1.75 bits per heavy atom. The minimum absolute atomic E-state index is 0.611. The maximum atomic E-state index is 5.19. The van der Waals surface area contributed by atoms with Crippen molar-refractivity contribution in [3.05, 3.63) is 29.8 Å². The van der Waals surface area contributed by atoms with Gasteiger partial charge in [-0.3, -0.25) is 0 Å². The fourth-order valence-electron chi connectivity index (χ4n) is 3.11. The van der Waals surface area contributed by atoms with Gasteiger partial charge in [-0.05, 0) is 50.3 Å². The Morgan fingerprint density at radius 3 is 2.35 bits per heavy atom. The van der Waals surface area contributed by atoms with Gasteiger partial charge < -0.3 is 10.1 Å². The zero-order chi connectivity index (χ0) is 14.2. The first-order valence-electron chi connectivity index (χ1n) is 8.17. The Morgan fingerprint density at radius 1 is 1.10 bits per heavy atom. The summed E-state index contributed by atoms with van der Waals surface area (Å²) in [6, 6.07) is 9.83. The van der Waals surface area contributed by atoms with Crippen LogP contribution in [0, 0.1) is 0 Å². The van der Waals surface area contributed by atoms with Crippen LogP contribution in [0.4, 0.5) is 0 Å². The molecule has 0 bridgehead atoms. The van der Waals surface area contributed by atoms with Crippen LogP contribution < -0.4 is 10.1 Å². The van der Waals surface area contributed by atoms with E-state index in [1.54, 1.807) is 7.11 Å². The van der Waals surface area contributed by atoms with Crippen molar-refractivity contribution in [1.82, 2.24) is 5.32 Å². The first-order valence-corrected chi connectivity index (χ1v) is 8.17. The molecule has 0 spiro atoms. The number of methoxy groups -OCH3 is 1.